The molecule has 0 spiro atoms. The molecule has 1 aliphatic heterocycles. The highest BCUT2D eigenvalue weighted by Gasteiger charge is 2.44. The first kappa shape index (κ1) is 13.3. The Kier molecular flexibility index (Phi) is 4.22. The molecule has 5 nitrogen and oxygen atoms in total. The lowest BCUT2D eigenvalue weighted by atomic mass is 10.1. The van der Waals surface area contributed by atoms with Gasteiger partial charge in [0.05, 0.1) is 13.2 Å². The van der Waals surface area contributed by atoms with Crippen LogP contribution in [0.5, 0.6) is 0 Å². The molecule has 0 bridgehead atoms. The second-order valence-electron chi connectivity index (χ2n) is 5.56. The highest BCUT2D eigenvalue weighted by Crippen LogP contribution is 2.36. The molecule has 1 unspecified atom stereocenters. The van der Waals surface area contributed by atoms with Crippen molar-refractivity contribution in [1.29, 1.82) is 0 Å². The van der Waals surface area contributed by atoms with Gasteiger partial charge in [-0.05, 0) is 24.7 Å². The number of rotatable bonds is 6. The van der Waals surface area contributed by atoms with E-state index in [2.05, 4.69) is 19.2 Å². The number of nitrogens with zero attached hydrogens (tertiary/aromatic N) is 1. The van der Waals surface area contributed by atoms with Crippen molar-refractivity contribution in [3.63, 3.8) is 0 Å². The Morgan fingerprint density at radius 1 is 1.39 bits per heavy atom. The van der Waals surface area contributed by atoms with E-state index in [1.165, 1.54) is 0 Å². The Bertz CT molecular complexity index is 326. The molecule has 1 saturated carbocycles. The van der Waals surface area contributed by atoms with E-state index in [4.69, 9.17) is 4.74 Å². The molecule has 1 aliphatic carbocycles. The van der Waals surface area contributed by atoms with Gasteiger partial charge in [-0.2, -0.15) is 0 Å². The van der Waals surface area contributed by atoms with Crippen LogP contribution in [0.3, 0.4) is 0 Å². The smallest absolute Gasteiger partial charge is 0.243 e. The van der Waals surface area contributed by atoms with Gasteiger partial charge in [-0.3, -0.25) is 9.59 Å². The van der Waals surface area contributed by atoms with Gasteiger partial charge in [-0.25, -0.2) is 0 Å². The van der Waals surface area contributed by atoms with Crippen LogP contribution in [0.1, 0.15) is 26.7 Å². The van der Waals surface area contributed by atoms with Crippen molar-refractivity contribution < 1.29 is 14.3 Å². The molecule has 1 N–H and O–H groups in total. The SMILES string of the molecule is CC(C)COCCN1C(=O)CNC(=O)C1C1CC1. The Morgan fingerprint density at radius 3 is 2.72 bits per heavy atom. The Hall–Kier alpha value is -1.10. The van der Waals surface area contributed by atoms with Gasteiger partial charge in [0.25, 0.3) is 0 Å². The highest BCUT2D eigenvalue weighted by molar-refractivity contribution is 5.95. The first-order chi connectivity index (χ1) is 8.59. The minimum atomic E-state index is -0.256. The number of piperazine rings is 1. The molecule has 102 valence electrons. The van der Waals surface area contributed by atoms with E-state index < -0.39 is 0 Å². The fourth-order valence-electron chi connectivity index (χ4n) is 2.29. The van der Waals surface area contributed by atoms with Crippen molar-refractivity contribution in [2.24, 2.45) is 11.8 Å². The second kappa shape index (κ2) is 5.69. The molecule has 0 aromatic carbocycles. The highest BCUT2D eigenvalue weighted by atomic mass is 16.5. The molecule has 1 heterocycles. The topological polar surface area (TPSA) is 58.6 Å². The average molecular weight is 254 g/mol. The third kappa shape index (κ3) is 3.22. The van der Waals surface area contributed by atoms with E-state index in [0.717, 1.165) is 12.8 Å². The van der Waals surface area contributed by atoms with Gasteiger partial charge in [0, 0.05) is 13.2 Å². The van der Waals surface area contributed by atoms with Gasteiger partial charge in [-0.15, -0.1) is 0 Å². The first-order valence-electron chi connectivity index (χ1n) is 6.74. The van der Waals surface area contributed by atoms with Crippen molar-refractivity contribution in [2.45, 2.75) is 32.7 Å². The van der Waals surface area contributed by atoms with E-state index in [0.29, 0.717) is 31.6 Å². The third-order valence-electron chi connectivity index (χ3n) is 3.33. The summed E-state index contributed by atoms with van der Waals surface area (Å²) in [6.07, 6.45) is 2.10. The fraction of sp³-hybridized carbons (Fsp3) is 0.846. The Morgan fingerprint density at radius 2 is 2.11 bits per heavy atom. The van der Waals surface area contributed by atoms with Crippen LogP contribution >= 0.6 is 0 Å². The van der Waals surface area contributed by atoms with E-state index in [9.17, 15) is 9.59 Å². The van der Waals surface area contributed by atoms with Crippen molar-refractivity contribution in [3.05, 3.63) is 0 Å². The van der Waals surface area contributed by atoms with Crippen LogP contribution in [0.15, 0.2) is 0 Å². The number of carbonyl (C=O) groups excluding carboxylic acids is 2. The summed E-state index contributed by atoms with van der Waals surface area (Å²) in [6, 6.07) is -0.256. The summed E-state index contributed by atoms with van der Waals surface area (Å²) in [5.74, 6) is 0.865. The molecule has 0 aromatic heterocycles. The molecule has 18 heavy (non-hydrogen) atoms. The summed E-state index contributed by atoms with van der Waals surface area (Å²) in [5, 5.41) is 2.67. The Balaban J connectivity index is 1.85. The fourth-order valence-corrected chi connectivity index (χ4v) is 2.29. The normalized spacial score (nSPS) is 24.6. The molecule has 0 aromatic rings. The summed E-state index contributed by atoms with van der Waals surface area (Å²) >= 11 is 0. The summed E-state index contributed by atoms with van der Waals surface area (Å²) in [4.78, 5) is 25.4. The maximum Gasteiger partial charge on any atom is 0.243 e. The van der Waals surface area contributed by atoms with Gasteiger partial charge < -0.3 is 15.0 Å². The van der Waals surface area contributed by atoms with E-state index in [-0.39, 0.29) is 24.4 Å². The van der Waals surface area contributed by atoms with E-state index in [1.54, 1.807) is 4.90 Å². The minimum absolute atomic E-state index is 0.000889. The minimum Gasteiger partial charge on any atom is -0.379 e. The first-order valence-corrected chi connectivity index (χ1v) is 6.74. The lowest BCUT2D eigenvalue weighted by Gasteiger charge is -2.35. The Labute approximate surface area is 108 Å². The van der Waals surface area contributed by atoms with Gasteiger partial charge >= 0.3 is 0 Å². The van der Waals surface area contributed by atoms with Crippen molar-refractivity contribution in [3.8, 4) is 0 Å². The summed E-state index contributed by atoms with van der Waals surface area (Å²) < 4.78 is 5.50. The molecule has 2 amide bonds. The molecular formula is C13H22N2O3. The van der Waals surface area contributed by atoms with Crippen LogP contribution < -0.4 is 5.32 Å². The van der Waals surface area contributed by atoms with Gasteiger partial charge in [-0.1, -0.05) is 13.8 Å². The van der Waals surface area contributed by atoms with E-state index in [1.807, 2.05) is 0 Å². The molecule has 2 aliphatic rings. The molecule has 2 fully saturated rings. The molecule has 5 heteroatoms. The maximum absolute atomic E-state index is 11.9. The maximum atomic E-state index is 11.9. The predicted molar refractivity (Wildman–Crippen MR) is 66.9 cm³/mol. The summed E-state index contributed by atoms with van der Waals surface area (Å²) in [5.41, 5.74) is 0. The lowest BCUT2D eigenvalue weighted by molar-refractivity contribution is -0.147. The second-order valence-corrected chi connectivity index (χ2v) is 5.56. The number of ether oxygens (including phenoxy) is 1. The van der Waals surface area contributed by atoms with Crippen molar-refractivity contribution >= 4 is 11.8 Å². The summed E-state index contributed by atoms with van der Waals surface area (Å²) in [6.45, 7) is 6.05. The third-order valence-corrected chi connectivity index (χ3v) is 3.33. The van der Waals surface area contributed by atoms with Crippen LogP contribution in [0.4, 0.5) is 0 Å². The number of amides is 2. The largest absolute Gasteiger partial charge is 0.379 e. The molecule has 2 rings (SSSR count). The number of hydrogen-bond donors (Lipinski definition) is 1. The molecule has 1 saturated heterocycles. The van der Waals surface area contributed by atoms with Gasteiger partial charge in [0.1, 0.15) is 6.04 Å². The van der Waals surface area contributed by atoms with Gasteiger partial charge in [0.15, 0.2) is 0 Å². The van der Waals surface area contributed by atoms with Crippen LogP contribution in [0.2, 0.25) is 0 Å². The predicted octanol–water partition coefficient (Wildman–Crippen LogP) is 0.396. The van der Waals surface area contributed by atoms with Gasteiger partial charge in [0.2, 0.25) is 11.8 Å². The zero-order valence-electron chi connectivity index (χ0n) is 11.1. The van der Waals surface area contributed by atoms with E-state index >= 15 is 0 Å². The number of nitrogens with one attached hydrogen (secondary N) is 1. The van der Waals surface area contributed by atoms with Crippen LogP contribution in [0.25, 0.3) is 0 Å². The zero-order chi connectivity index (χ0) is 13.1. The van der Waals surface area contributed by atoms with Crippen molar-refractivity contribution in [1.82, 2.24) is 10.2 Å². The summed E-state index contributed by atoms with van der Waals surface area (Å²) in [7, 11) is 0. The standard InChI is InChI=1S/C13H22N2O3/c1-9(2)8-18-6-5-15-11(16)7-14-13(17)12(15)10-3-4-10/h9-10,12H,3-8H2,1-2H3,(H,14,17). The number of carbonyl (C=O) groups is 2. The lowest BCUT2D eigenvalue weighted by Crippen LogP contribution is -2.59. The quantitative estimate of drug-likeness (QED) is 0.698. The average Bonchev–Trinajstić information content (AvgIpc) is 3.12. The zero-order valence-corrected chi connectivity index (χ0v) is 11.1. The van der Waals surface area contributed by atoms with Crippen molar-refractivity contribution in [2.75, 3.05) is 26.3 Å². The number of hydrogen-bond acceptors (Lipinski definition) is 3. The molecule has 0 radical (unpaired) electrons. The molecular weight excluding hydrogens is 232 g/mol. The monoisotopic (exact) mass is 254 g/mol. The van der Waals surface area contributed by atoms with Crippen LogP contribution in [-0.4, -0.2) is 49.1 Å². The van der Waals surface area contributed by atoms with Crippen LogP contribution in [0, 0.1) is 11.8 Å². The van der Waals surface area contributed by atoms with Crippen LogP contribution in [-0.2, 0) is 14.3 Å². The molecule has 1 atom stereocenters.